The highest BCUT2D eigenvalue weighted by Gasteiger charge is 2.32. The van der Waals surface area contributed by atoms with E-state index in [-0.39, 0.29) is 22.2 Å². The average molecular weight is 562 g/mol. The first-order valence-electron chi connectivity index (χ1n) is 9.43. The Labute approximate surface area is 202 Å². The average Bonchev–Trinajstić information content (AvgIpc) is 2.75. The van der Waals surface area contributed by atoms with Crippen molar-refractivity contribution in [1.29, 1.82) is 0 Å². The van der Waals surface area contributed by atoms with Gasteiger partial charge >= 0.3 is 6.18 Å². The van der Waals surface area contributed by atoms with E-state index < -0.39 is 34.2 Å². The minimum Gasteiger partial charge on any atom is -0.324 e. The molecular formula is C22H17BrClF3N2O3S. The minimum atomic E-state index is -4.63. The Morgan fingerprint density at radius 2 is 1.64 bits per heavy atom. The van der Waals surface area contributed by atoms with E-state index in [0.29, 0.717) is 16.1 Å². The van der Waals surface area contributed by atoms with Gasteiger partial charge in [0, 0.05) is 11.0 Å². The first-order valence-corrected chi connectivity index (χ1v) is 12.0. The van der Waals surface area contributed by atoms with Crippen molar-refractivity contribution in [3.8, 4) is 0 Å². The number of halogens is 5. The van der Waals surface area contributed by atoms with Gasteiger partial charge in [0.15, 0.2) is 0 Å². The van der Waals surface area contributed by atoms with Crippen LogP contribution in [0.5, 0.6) is 0 Å². The van der Waals surface area contributed by atoms with Crippen molar-refractivity contribution in [2.24, 2.45) is 0 Å². The van der Waals surface area contributed by atoms with E-state index in [1.807, 2.05) is 0 Å². The molecule has 0 saturated carbocycles. The largest absolute Gasteiger partial charge is 0.416 e. The highest BCUT2D eigenvalue weighted by atomic mass is 79.9. The molecule has 0 saturated heterocycles. The molecule has 3 rings (SSSR count). The Morgan fingerprint density at radius 1 is 1.00 bits per heavy atom. The molecule has 0 bridgehead atoms. The number of nitrogens with one attached hydrogen (secondary N) is 1. The molecule has 0 aliphatic rings. The third kappa shape index (κ3) is 6.57. The molecule has 11 heteroatoms. The molecule has 0 aliphatic carbocycles. The molecule has 3 aromatic carbocycles. The number of hydrogen-bond acceptors (Lipinski definition) is 3. The maximum Gasteiger partial charge on any atom is 0.416 e. The van der Waals surface area contributed by atoms with E-state index in [4.69, 9.17) is 11.6 Å². The fourth-order valence-electron chi connectivity index (χ4n) is 2.92. The van der Waals surface area contributed by atoms with Gasteiger partial charge < -0.3 is 5.32 Å². The standard InChI is InChI=1S/C22H17BrClF3N2O3S/c23-17-7-9-18(10-8-17)33(31,32)29(13-15-4-2-1-3-5-15)14-21(30)28-20-12-16(22(25,26)27)6-11-19(20)24/h1-12H,13-14H2,(H,28,30). The number of amides is 1. The van der Waals surface area contributed by atoms with Gasteiger partial charge in [0.2, 0.25) is 15.9 Å². The summed E-state index contributed by atoms with van der Waals surface area (Å²) in [6.07, 6.45) is -4.63. The van der Waals surface area contributed by atoms with Gasteiger partial charge in [-0.15, -0.1) is 0 Å². The molecule has 0 spiro atoms. The molecule has 0 aromatic heterocycles. The van der Waals surface area contributed by atoms with Gasteiger partial charge in [0.1, 0.15) is 0 Å². The molecule has 3 aromatic rings. The van der Waals surface area contributed by atoms with Crippen LogP contribution in [0.2, 0.25) is 5.02 Å². The number of benzene rings is 3. The maximum atomic E-state index is 13.2. The zero-order valence-corrected chi connectivity index (χ0v) is 20.0. The van der Waals surface area contributed by atoms with Crippen LogP contribution in [0.15, 0.2) is 82.2 Å². The van der Waals surface area contributed by atoms with E-state index in [2.05, 4.69) is 21.2 Å². The van der Waals surface area contributed by atoms with Gasteiger partial charge in [-0.25, -0.2) is 8.42 Å². The Balaban J connectivity index is 1.89. The second-order valence-electron chi connectivity index (χ2n) is 6.95. The lowest BCUT2D eigenvalue weighted by molar-refractivity contribution is -0.137. The normalized spacial score (nSPS) is 12.1. The summed E-state index contributed by atoms with van der Waals surface area (Å²) in [5.74, 6) is -0.840. The number of sulfonamides is 1. The van der Waals surface area contributed by atoms with E-state index in [1.54, 1.807) is 42.5 Å². The number of rotatable bonds is 7. The van der Waals surface area contributed by atoms with Crippen LogP contribution in [-0.2, 0) is 27.5 Å². The molecule has 5 nitrogen and oxygen atoms in total. The second kappa shape index (κ2) is 10.3. The van der Waals surface area contributed by atoms with Crippen LogP contribution in [0.4, 0.5) is 18.9 Å². The summed E-state index contributed by atoms with van der Waals surface area (Å²) in [6.45, 7) is -0.761. The Bertz CT molecular complexity index is 1240. The van der Waals surface area contributed by atoms with Crippen molar-refractivity contribution in [1.82, 2.24) is 4.31 Å². The van der Waals surface area contributed by atoms with Gasteiger partial charge in [-0.3, -0.25) is 4.79 Å². The number of hydrogen-bond donors (Lipinski definition) is 1. The van der Waals surface area contributed by atoms with Crippen LogP contribution in [-0.4, -0.2) is 25.2 Å². The van der Waals surface area contributed by atoms with Crippen molar-refractivity contribution in [2.75, 3.05) is 11.9 Å². The van der Waals surface area contributed by atoms with Crippen LogP contribution < -0.4 is 5.32 Å². The lowest BCUT2D eigenvalue weighted by Gasteiger charge is -2.22. The predicted molar refractivity (Wildman–Crippen MR) is 123 cm³/mol. The number of anilines is 1. The zero-order chi connectivity index (χ0) is 24.2. The summed E-state index contributed by atoms with van der Waals surface area (Å²) >= 11 is 9.18. The number of alkyl halides is 3. The highest BCUT2D eigenvalue weighted by molar-refractivity contribution is 9.10. The maximum absolute atomic E-state index is 13.2. The van der Waals surface area contributed by atoms with Crippen molar-refractivity contribution >= 4 is 49.1 Å². The molecule has 0 radical (unpaired) electrons. The summed E-state index contributed by atoms with van der Waals surface area (Å²) in [4.78, 5) is 12.7. The molecule has 0 unspecified atom stereocenters. The fourth-order valence-corrected chi connectivity index (χ4v) is 4.73. The summed E-state index contributed by atoms with van der Waals surface area (Å²) < 4.78 is 67.2. The van der Waals surface area contributed by atoms with Gasteiger partial charge in [-0.2, -0.15) is 17.5 Å². The summed E-state index contributed by atoms with van der Waals surface area (Å²) in [5, 5.41) is 2.18. The van der Waals surface area contributed by atoms with Gasteiger partial charge in [-0.1, -0.05) is 57.9 Å². The fraction of sp³-hybridized carbons (Fsp3) is 0.136. The Hall–Kier alpha value is -2.40. The first kappa shape index (κ1) is 25.2. The Morgan fingerprint density at radius 3 is 2.24 bits per heavy atom. The topological polar surface area (TPSA) is 66.5 Å². The van der Waals surface area contributed by atoms with Gasteiger partial charge in [-0.05, 0) is 48.0 Å². The predicted octanol–water partition coefficient (Wildman–Crippen LogP) is 5.95. The molecule has 0 heterocycles. The van der Waals surface area contributed by atoms with Crippen molar-refractivity contribution in [3.63, 3.8) is 0 Å². The van der Waals surface area contributed by atoms with Crippen LogP contribution in [0.25, 0.3) is 0 Å². The zero-order valence-electron chi connectivity index (χ0n) is 16.8. The summed E-state index contributed by atoms with van der Waals surface area (Å²) in [6, 6.07) is 17.0. The minimum absolute atomic E-state index is 0.0356. The van der Waals surface area contributed by atoms with E-state index in [0.717, 1.165) is 16.4 Å². The molecule has 33 heavy (non-hydrogen) atoms. The number of carbonyl (C=O) groups is 1. The van der Waals surface area contributed by atoms with Crippen LogP contribution >= 0.6 is 27.5 Å². The summed E-state index contributed by atoms with van der Waals surface area (Å²) in [7, 11) is -4.11. The third-order valence-corrected chi connectivity index (χ3v) is 7.21. The van der Waals surface area contributed by atoms with Crippen molar-refractivity contribution in [3.05, 3.63) is 93.4 Å². The molecule has 1 amide bonds. The van der Waals surface area contributed by atoms with E-state index >= 15 is 0 Å². The van der Waals surface area contributed by atoms with Crippen molar-refractivity contribution in [2.45, 2.75) is 17.6 Å². The quantitative estimate of drug-likeness (QED) is 0.388. The number of carbonyl (C=O) groups excluding carboxylic acids is 1. The van der Waals surface area contributed by atoms with E-state index in [9.17, 15) is 26.4 Å². The highest BCUT2D eigenvalue weighted by Crippen LogP contribution is 2.34. The molecular weight excluding hydrogens is 545 g/mol. The first-order chi connectivity index (χ1) is 15.5. The van der Waals surface area contributed by atoms with Crippen LogP contribution in [0, 0.1) is 0 Å². The number of nitrogens with zero attached hydrogens (tertiary/aromatic N) is 1. The lowest BCUT2D eigenvalue weighted by Crippen LogP contribution is -2.37. The molecule has 1 N–H and O–H groups in total. The molecule has 0 atom stereocenters. The van der Waals surface area contributed by atoms with Gasteiger partial charge in [0.05, 0.1) is 27.7 Å². The molecule has 0 fully saturated rings. The van der Waals surface area contributed by atoms with Crippen LogP contribution in [0.1, 0.15) is 11.1 Å². The van der Waals surface area contributed by atoms with Gasteiger partial charge in [0.25, 0.3) is 0 Å². The molecule has 174 valence electrons. The third-order valence-electron chi connectivity index (χ3n) is 4.54. The van der Waals surface area contributed by atoms with E-state index in [1.165, 1.54) is 12.1 Å². The Kier molecular flexibility index (Phi) is 7.84. The monoisotopic (exact) mass is 560 g/mol. The SMILES string of the molecule is O=C(CN(Cc1ccccc1)S(=O)(=O)c1ccc(Br)cc1)Nc1cc(C(F)(F)F)ccc1Cl. The summed E-state index contributed by atoms with van der Waals surface area (Å²) in [5.41, 5.74) is -0.633. The van der Waals surface area contributed by atoms with Crippen molar-refractivity contribution < 1.29 is 26.4 Å². The second-order valence-corrected chi connectivity index (χ2v) is 10.2. The lowest BCUT2D eigenvalue weighted by atomic mass is 10.2. The molecule has 0 aliphatic heterocycles. The smallest absolute Gasteiger partial charge is 0.324 e. The van der Waals surface area contributed by atoms with Crippen LogP contribution in [0.3, 0.4) is 0 Å².